The maximum absolute atomic E-state index is 12.1. The van der Waals surface area contributed by atoms with E-state index in [2.05, 4.69) is 4.98 Å². The number of aromatic amines is 1. The van der Waals surface area contributed by atoms with Crippen LogP contribution in [-0.4, -0.2) is 28.4 Å². The molecule has 1 aromatic rings. The van der Waals surface area contributed by atoms with Crippen molar-refractivity contribution < 1.29 is 4.79 Å². The summed E-state index contributed by atoms with van der Waals surface area (Å²) in [4.78, 5) is 27.4. The van der Waals surface area contributed by atoms with Gasteiger partial charge < -0.3 is 9.88 Å². The van der Waals surface area contributed by atoms with Crippen molar-refractivity contribution in [1.82, 2.24) is 9.88 Å². The van der Waals surface area contributed by atoms with Crippen molar-refractivity contribution in [2.45, 2.75) is 32.7 Å². The van der Waals surface area contributed by atoms with Gasteiger partial charge in [-0.05, 0) is 26.3 Å². The molecule has 1 N–H and O–H groups in total. The second-order valence-electron chi connectivity index (χ2n) is 4.46. The van der Waals surface area contributed by atoms with Crippen LogP contribution in [0.5, 0.6) is 0 Å². The predicted molar refractivity (Wildman–Crippen MR) is 63.5 cm³/mol. The molecule has 0 saturated heterocycles. The van der Waals surface area contributed by atoms with Crippen LogP contribution in [0.15, 0.2) is 23.0 Å². The fourth-order valence-electron chi connectivity index (χ4n) is 1.27. The lowest BCUT2D eigenvalue weighted by atomic mass is 9.99. The Kier molecular flexibility index (Phi) is 3.52. The van der Waals surface area contributed by atoms with Crippen molar-refractivity contribution >= 4 is 5.91 Å². The number of rotatable bonds is 3. The van der Waals surface area contributed by atoms with Crippen molar-refractivity contribution in [3.05, 3.63) is 34.2 Å². The zero-order valence-electron chi connectivity index (χ0n) is 10.2. The summed E-state index contributed by atoms with van der Waals surface area (Å²) in [6.45, 7) is 6.01. The van der Waals surface area contributed by atoms with E-state index in [1.807, 2.05) is 20.8 Å². The molecule has 0 unspecified atom stereocenters. The molecule has 0 atom stereocenters. The standard InChI is InChI=1S/C12H18N2O2/c1-5-12(2,3)14(4)11(16)9-7-6-8-10(15)13-9/h6-8H,5H2,1-4H3,(H,13,15). The van der Waals surface area contributed by atoms with E-state index in [9.17, 15) is 9.59 Å². The first-order valence-electron chi connectivity index (χ1n) is 5.36. The lowest BCUT2D eigenvalue weighted by Crippen LogP contribution is -2.45. The summed E-state index contributed by atoms with van der Waals surface area (Å²) >= 11 is 0. The quantitative estimate of drug-likeness (QED) is 0.845. The molecule has 4 heteroatoms. The van der Waals surface area contributed by atoms with Gasteiger partial charge in [0.25, 0.3) is 5.91 Å². The first kappa shape index (κ1) is 12.5. The van der Waals surface area contributed by atoms with E-state index in [4.69, 9.17) is 0 Å². The summed E-state index contributed by atoms with van der Waals surface area (Å²) in [6.07, 6.45) is 0.853. The largest absolute Gasteiger partial charge is 0.335 e. The second kappa shape index (κ2) is 4.51. The van der Waals surface area contributed by atoms with Crippen LogP contribution in [0.3, 0.4) is 0 Å². The molecule has 0 aliphatic carbocycles. The summed E-state index contributed by atoms with van der Waals surface area (Å²) in [6, 6.07) is 4.59. The van der Waals surface area contributed by atoms with E-state index in [-0.39, 0.29) is 17.0 Å². The Morgan fingerprint density at radius 1 is 1.44 bits per heavy atom. The molecule has 16 heavy (non-hydrogen) atoms. The number of amides is 1. The molecular weight excluding hydrogens is 204 g/mol. The topological polar surface area (TPSA) is 53.2 Å². The van der Waals surface area contributed by atoms with Crippen LogP contribution in [0.4, 0.5) is 0 Å². The normalized spacial score (nSPS) is 11.2. The van der Waals surface area contributed by atoms with Gasteiger partial charge in [0.1, 0.15) is 5.69 Å². The minimum Gasteiger partial charge on any atom is -0.335 e. The molecule has 4 nitrogen and oxygen atoms in total. The number of nitrogens with one attached hydrogen (secondary N) is 1. The van der Waals surface area contributed by atoms with Crippen molar-refractivity contribution in [2.24, 2.45) is 0 Å². The maximum Gasteiger partial charge on any atom is 0.270 e. The average Bonchev–Trinajstić information content (AvgIpc) is 2.27. The number of pyridine rings is 1. The smallest absolute Gasteiger partial charge is 0.270 e. The van der Waals surface area contributed by atoms with Gasteiger partial charge in [-0.25, -0.2) is 0 Å². The fraction of sp³-hybridized carbons (Fsp3) is 0.500. The zero-order chi connectivity index (χ0) is 12.3. The van der Waals surface area contributed by atoms with Gasteiger partial charge in [0.05, 0.1) is 0 Å². The Balaban J connectivity index is 2.99. The summed E-state index contributed by atoms with van der Waals surface area (Å²) in [5, 5.41) is 0. The SMILES string of the molecule is CCC(C)(C)N(C)C(=O)c1cccc(=O)[nH]1. The van der Waals surface area contributed by atoms with Gasteiger partial charge in [0, 0.05) is 18.7 Å². The molecule has 1 rings (SSSR count). The Bertz CT molecular complexity index is 435. The third kappa shape index (κ3) is 2.51. The lowest BCUT2D eigenvalue weighted by molar-refractivity contribution is 0.0614. The summed E-state index contributed by atoms with van der Waals surface area (Å²) in [5.74, 6) is -0.162. The summed E-state index contributed by atoms with van der Waals surface area (Å²) < 4.78 is 0. The van der Waals surface area contributed by atoms with Crippen LogP contribution in [0.25, 0.3) is 0 Å². The van der Waals surface area contributed by atoms with E-state index in [1.54, 1.807) is 24.1 Å². The number of hydrogen-bond donors (Lipinski definition) is 1. The van der Waals surface area contributed by atoms with Gasteiger partial charge in [-0.3, -0.25) is 9.59 Å². The minimum atomic E-state index is -0.256. The molecule has 0 aliphatic rings. The summed E-state index contributed by atoms with van der Waals surface area (Å²) in [5.41, 5.74) is -0.144. The number of H-pyrrole nitrogens is 1. The van der Waals surface area contributed by atoms with Gasteiger partial charge in [-0.2, -0.15) is 0 Å². The van der Waals surface area contributed by atoms with Crippen molar-refractivity contribution in [3.63, 3.8) is 0 Å². The Labute approximate surface area is 95.3 Å². The Morgan fingerprint density at radius 3 is 2.56 bits per heavy atom. The van der Waals surface area contributed by atoms with Crippen LogP contribution < -0.4 is 5.56 Å². The first-order valence-corrected chi connectivity index (χ1v) is 5.36. The molecular formula is C12H18N2O2. The highest BCUT2D eigenvalue weighted by Crippen LogP contribution is 2.18. The maximum atomic E-state index is 12.1. The third-order valence-corrected chi connectivity index (χ3v) is 3.08. The number of carbonyl (C=O) groups is 1. The molecule has 0 spiro atoms. The molecule has 0 saturated carbocycles. The van der Waals surface area contributed by atoms with E-state index < -0.39 is 0 Å². The monoisotopic (exact) mass is 222 g/mol. The van der Waals surface area contributed by atoms with Crippen molar-refractivity contribution in [3.8, 4) is 0 Å². The average molecular weight is 222 g/mol. The van der Waals surface area contributed by atoms with Crippen molar-refractivity contribution in [2.75, 3.05) is 7.05 Å². The molecule has 0 fully saturated rings. The van der Waals surface area contributed by atoms with Gasteiger partial charge >= 0.3 is 0 Å². The highest BCUT2D eigenvalue weighted by atomic mass is 16.2. The minimum absolute atomic E-state index is 0.162. The van der Waals surface area contributed by atoms with Gasteiger partial charge in [0.2, 0.25) is 5.56 Å². The van der Waals surface area contributed by atoms with Gasteiger partial charge in [-0.15, -0.1) is 0 Å². The third-order valence-electron chi connectivity index (χ3n) is 3.08. The molecule has 1 heterocycles. The number of nitrogens with zero attached hydrogens (tertiary/aromatic N) is 1. The van der Waals surface area contributed by atoms with Gasteiger partial charge in [0.15, 0.2) is 0 Å². The molecule has 0 aromatic carbocycles. The first-order chi connectivity index (χ1) is 7.38. The fourth-order valence-corrected chi connectivity index (χ4v) is 1.27. The van der Waals surface area contributed by atoms with E-state index >= 15 is 0 Å². The highest BCUT2D eigenvalue weighted by Gasteiger charge is 2.26. The van der Waals surface area contributed by atoms with E-state index in [1.165, 1.54) is 6.07 Å². The molecule has 1 amide bonds. The van der Waals surface area contributed by atoms with Gasteiger partial charge in [-0.1, -0.05) is 13.0 Å². The lowest BCUT2D eigenvalue weighted by Gasteiger charge is -2.34. The number of aromatic nitrogens is 1. The zero-order valence-corrected chi connectivity index (χ0v) is 10.2. The molecule has 88 valence electrons. The number of hydrogen-bond acceptors (Lipinski definition) is 2. The van der Waals surface area contributed by atoms with Crippen LogP contribution in [0, 0.1) is 0 Å². The molecule has 0 bridgehead atoms. The summed E-state index contributed by atoms with van der Waals surface area (Å²) in [7, 11) is 1.75. The van der Waals surface area contributed by atoms with E-state index in [0.717, 1.165) is 6.42 Å². The predicted octanol–water partition coefficient (Wildman–Crippen LogP) is 1.64. The van der Waals surface area contributed by atoms with Crippen LogP contribution in [0.1, 0.15) is 37.7 Å². The Morgan fingerprint density at radius 2 is 2.06 bits per heavy atom. The number of carbonyl (C=O) groups excluding carboxylic acids is 1. The molecule has 1 aromatic heterocycles. The Hall–Kier alpha value is -1.58. The highest BCUT2D eigenvalue weighted by molar-refractivity contribution is 5.92. The van der Waals surface area contributed by atoms with Crippen LogP contribution >= 0.6 is 0 Å². The molecule has 0 aliphatic heterocycles. The van der Waals surface area contributed by atoms with Crippen molar-refractivity contribution in [1.29, 1.82) is 0 Å². The molecule has 0 radical (unpaired) electrons. The van der Waals surface area contributed by atoms with Crippen LogP contribution in [-0.2, 0) is 0 Å². The second-order valence-corrected chi connectivity index (χ2v) is 4.46. The van der Waals surface area contributed by atoms with E-state index in [0.29, 0.717) is 5.69 Å². The van der Waals surface area contributed by atoms with Crippen LogP contribution in [0.2, 0.25) is 0 Å².